The Labute approximate surface area is 151 Å². The topological polar surface area (TPSA) is 81.5 Å². The highest BCUT2D eigenvalue weighted by molar-refractivity contribution is 6.32. The number of amides is 1. The number of hydrogen-bond acceptors (Lipinski definition) is 4. The Bertz CT molecular complexity index is 686. The lowest BCUT2D eigenvalue weighted by Crippen LogP contribution is -2.60. The first-order valence-corrected chi connectivity index (χ1v) is 9.18. The van der Waals surface area contributed by atoms with E-state index in [1.165, 1.54) is 37.5 Å². The van der Waals surface area contributed by atoms with E-state index in [2.05, 4.69) is 5.32 Å². The highest BCUT2D eigenvalue weighted by Crippen LogP contribution is 2.55. The molecule has 6 nitrogen and oxygen atoms in total. The lowest BCUT2D eigenvalue weighted by Gasteiger charge is -2.56. The molecule has 1 aromatic rings. The van der Waals surface area contributed by atoms with E-state index in [0.717, 1.165) is 37.0 Å². The van der Waals surface area contributed by atoms with Crippen LogP contribution in [0, 0.1) is 27.9 Å². The minimum absolute atomic E-state index is 0.0472. The Balaban J connectivity index is 1.36. The van der Waals surface area contributed by atoms with Gasteiger partial charge in [-0.05, 0) is 62.3 Å². The molecule has 0 aromatic heterocycles. The second kappa shape index (κ2) is 6.16. The predicted octanol–water partition coefficient (Wildman–Crippen LogP) is 3.71. The van der Waals surface area contributed by atoms with E-state index in [0.29, 0.717) is 0 Å². The third-order valence-electron chi connectivity index (χ3n) is 5.93. The largest absolute Gasteiger partial charge is 0.482 e. The number of nitrogens with one attached hydrogen (secondary N) is 1. The molecule has 0 atom stereocenters. The molecule has 1 aromatic carbocycles. The minimum atomic E-state index is -0.518. The molecule has 25 heavy (non-hydrogen) atoms. The van der Waals surface area contributed by atoms with Crippen LogP contribution in [0.5, 0.6) is 5.75 Å². The molecule has 4 aliphatic rings. The maximum atomic E-state index is 12.4. The van der Waals surface area contributed by atoms with Crippen molar-refractivity contribution in [3.63, 3.8) is 0 Å². The van der Waals surface area contributed by atoms with E-state index in [9.17, 15) is 14.9 Å². The lowest BCUT2D eigenvalue weighted by molar-refractivity contribution is -0.384. The van der Waals surface area contributed by atoms with Gasteiger partial charge in [0.25, 0.3) is 11.6 Å². The number of carbonyl (C=O) groups is 1. The van der Waals surface area contributed by atoms with Gasteiger partial charge in [-0.3, -0.25) is 14.9 Å². The predicted molar refractivity (Wildman–Crippen MR) is 92.6 cm³/mol. The van der Waals surface area contributed by atoms with Crippen molar-refractivity contribution in [2.24, 2.45) is 17.8 Å². The average Bonchev–Trinajstić information content (AvgIpc) is 2.51. The first-order chi connectivity index (χ1) is 11.9. The van der Waals surface area contributed by atoms with Gasteiger partial charge in [-0.15, -0.1) is 0 Å². The Morgan fingerprint density at radius 2 is 1.84 bits per heavy atom. The summed E-state index contributed by atoms with van der Waals surface area (Å²) in [5.74, 6) is 2.43. The number of hydrogen-bond donors (Lipinski definition) is 1. The van der Waals surface area contributed by atoms with Crippen LogP contribution in [-0.2, 0) is 4.79 Å². The minimum Gasteiger partial charge on any atom is -0.482 e. The zero-order valence-electron chi connectivity index (χ0n) is 13.9. The van der Waals surface area contributed by atoms with E-state index < -0.39 is 4.92 Å². The van der Waals surface area contributed by atoms with Crippen molar-refractivity contribution >= 4 is 23.2 Å². The number of nitro benzene ring substituents is 1. The van der Waals surface area contributed by atoms with E-state index in [-0.39, 0.29) is 34.5 Å². The van der Waals surface area contributed by atoms with Gasteiger partial charge in [0.1, 0.15) is 5.75 Å². The van der Waals surface area contributed by atoms with Gasteiger partial charge in [0.05, 0.1) is 9.95 Å². The van der Waals surface area contributed by atoms with Crippen LogP contribution in [0.1, 0.15) is 38.5 Å². The van der Waals surface area contributed by atoms with E-state index in [1.807, 2.05) is 0 Å². The second-order valence-corrected chi connectivity index (χ2v) is 8.31. The molecular formula is C18H21ClN2O4. The quantitative estimate of drug-likeness (QED) is 0.637. The fourth-order valence-corrected chi connectivity index (χ4v) is 5.69. The van der Waals surface area contributed by atoms with Crippen LogP contribution < -0.4 is 10.1 Å². The maximum absolute atomic E-state index is 12.4. The summed E-state index contributed by atoms with van der Waals surface area (Å²) in [6.45, 7) is -0.126. The molecule has 4 aliphatic carbocycles. The van der Waals surface area contributed by atoms with Crippen molar-refractivity contribution in [1.82, 2.24) is 5.32 Å². The summed E-state index contributed by atoms with van der Waals surface area (Å²) >= 11 is 6.00. The third-order valence-corrected chi connectivity index (χ3v) is 6.22. The van der Waals surface area contributed by atoms with Gasteiger partial charge in [0, 0.05) is 17.7 Å². The molecule has 134 valence electrons. The number of benzene rings is 1. The summed E-state index contributed by atoms with van der Waals surface area (Å²) in [6, 6.07) is 3.98. The van der Waals surface area contributed by atoms with Gasteiger partial charge in [0.15, 0.2) is 6.61 Å². The lowest BCUT2D eigenvalue weighted by atomic mass is 9.53. The van der Waals surface area contributed by atoms with Gasteiger partial charge < -0.3 is 10.1 Å². The van der Waals surface area contributed by atoms with Gasteiger partial charge in [-0.2, -0.15) is 0 Å². The van der Waals surface area contributed by atoms with Crippen LogP contribution in [-0.4, -0.2) is 23.0 Å². The normalized spacial score (nSPS) is 32.4. The molecule has 0 radical (unpaired) electrons. The molecule has 7 heteroatoms. The fraction of sp³-hybridized carbons (Fsp3) is 0.611. The highest BCUT2D eigenvalue weighted by atomic mass is 35.5. The second-order valence-electron chi connectivity index (χ2n) is 7.91. The molecular weight excluding hydrogens is 344 g/mol. The number of non-ortho nitro benzene ring substituents is 1. The smallest absolute Gasteiger partial charge is 0.271 e. The highest BCUT2D eigenvalue weighted by Gasteiger charge is 2.51. The molecule has 5 rings (SSSR count). The van der Waals surface area contributed by atoms with Crippen molar-refractivity contribution in [2.45, 2.75) is 44.1 Å². The van der Waals surface area contributed by atoms with Crippen LogP contribution in [0.3, 0.4) is 0 Å². The molecule has 0 heterocycles. The van der Waals surface area contributed by atoms with Gasteiger partial charge in [-0.1, -0.05) is 11.6 Å². The van der Waals surface area contributed by atoms with E-state index in [1.54, 1.807) is 0 Å². The van der Waals surface area contributed by atoms with E-state index in [4.69, 9.17) is 16.3 Å². The van der Waals surface area contributed by atoms with E-state index >= 15 is 0 Å². The first-order valence-electron chi connectivity index (χ1n) is 8.80. The summed E-state index contributed by atoms with van der Waals surface area (Å²) in [5.41, 5.74) is -0.149. The molecule has 0 aliphatic heterocycles. The molecule has 0 saturated heterocycles. The average molecular weight is 365 g/mol. The zero-order valence-corrected chi connectivity index (χ0v) is 14.6. The Kier molecular flexibility index (Phi) is 4.10. The summed E-state index contributed by atoms with van der Waals surface area (Å²) in [4.78, 5) is 22.6. The standard InChI is InChI=1S/C18H21ClN2O4/c19-15-6-14(21(23)24)1-2-16(15)25-10-17(22)20-18-7-11-3-12(8-18)5-13(4-11)9-18/h1-2,6,11-13H,3-5,7-10H2,(H,20,22). The number of carbonyl (C=O) groups excluding carboxylic acids is 1. The third kappa shape index (κ3) is 3.32. The number of nitrogens with zero attached hydrogens (tertiary/aromatic N) is 1. The summed E-state index contributed by atoms with van der Waals surface area (Å²) in [6.07, 6.45) is 7.23. The number of ether oxygens (including phenoxy) is 1. The molecule has 4 bridgehead atoms. The first kappa shape index (κ1) is 16.6. The Hall–Kier alpha value is -1.82. The zero-order chi connectivity index (χ0) is 17.6. The van der Waals surface area contributed by atoms with Crippen molar-refractivity contribution in [2.75, 3.05) is 6.61 Å². The van der Waals surface area contributed by atoms with Crippen LogP contribution in [0.2, 0.25) is 5.02 Å². The number of nitro groups is 1. The van der Waals surface area contributed by atoms with Gasteiger partial charge in [0.2, 0.25) is 0 Å². The van der Waals surface area contributed by atoms with Crippen molar-refractivity contribution in [1.29, 1.82) is 0 Å². The summed E-state index contributed by atoms with van der Waals surface area (Å²) < 4.78 is 5.48. The molecule has 1 N–H and O–H groups in total. The summed E-state index contributed by atoms with van der Waals surface area (Å²) in [7, 11) is 0. The fourth-order valence-electron chi connectivity index (χ4n) is 5.46. The van der Waals surface area contributed by atoms with Crippen LogP contribution in [0.4, 0.5) is 5.69 Å². The number of halogens is 1. The molecule has 4 fully saturated rings. The number of rotatable bonds is 5. The monoisotopic (exact) mass is 364 g/mol. The Morgan fingerprint density at radius 1 is 1.24 bits per heavy atom. The van der Waals surface area contributed by atoms with Crippen LogP contribution in [0.25, 0.3) is 0 Å². The van der Waals surface area contributed by atoms with Gasteiger partial charge in [-0.25, -0.2) is 0 Å². The van der Waals surface area contributed by atoms with Crippen LogP contribution in [0.15, 0.2) is 18.2 Å². The van der Waals surface area contributed by atoms with Crippen molar-refractivity contribution in [3.05, 3.63) is 33.3 Å². The molecule has 0 unspecified atom stereocenters. The van der Waals surface area contributed by atoms with Crippen molar-refractivity contribution in [3.8, 4) is 5.75 Å². The molecule has 1 amide bonds. The Morgan fingerprint density at radius 3 is 2.36 bits per heavy atom. The molecule has 0 spiro atoms. The molecule has 4 saturated carbocycles. The SMILES string of the molecule is O=C(COc1ccc([N+](=O)[O-])cc1Cl)NC12CC3CC(CC(C3)C1)C2. The van der Waals surface area contributed by atoms with Crippen molar-refractivity contribution < 1.29 is 14.5 Å². The van der Waals surface area contributed by atoms with Crippen LogP contribution >= 0.6 is 11.6 Å². The summed E-state index contributed by atoms with van der Waals surface area (Å²) in [5, 5.41) is 14.1. The van der Waals surface area contributed by atoms with Gasteiger partial charge >= 0.3 is 0 Å². The maximum Gasteiger partial charge on any atom is 0.271 e.